The number of para-hydroxylation sites is 1. The van der Waals surface area contributed by atoms with Gasteiger partial charge in [0, 0.05) is 17.9 Å². The zero-order chi connectivity index (χ0) is 24.3. The number of carbonyl (C=O) groups is 1. The Kier molecular flexibility index (Phi) is 14.9. The van der Waals surface area contributed by atoms with Crippen LogP contribution in [0.3, 0.4) is 0 Å². The molecular weight excluding hydrogens is 418 g/mol. The Bertz CT molecular complexity index is 757. The topological polar surface area (TPSA) is 40.5 Å². The third kappa shape index (κ3) is 11.7. The normalized spacial score (nSPS) is 11.0. The van der Waals surface area contributed by atoms with Gasteiger partial charge in [-0.25, -0.2) is 4.79 Å². The van der Waals surface area contributed by atoms with Crippen LogP contribution in [0.15, 0.2) is 54.6 Å². The van der Waals surface area contributed by atoms with Crippen molar-refractivity contribution in [2.24, 2.45) is 0 Å². The van der Waals surface area contributed by atoms with E-state index in [0.29, 0.717) is 5.56 Å². The number of rotatable bonds is 20. The molecule has 0 unspecified atom stereocenters. The molecule has 3 nitrogen and oxygen atoms in total. The lowest BCUT2D eigenvalue weighted by Crippen LogP contribution is -2.18. The van der Waals surface area contributed by atoms with Crippen LogP contribution in [0.25, 0.3) is 0 Å². The quantitative estimate of drug-likeness (QED) is 0.198. The van der Waals surface area contributed by atoms with Crippen LogP contribution >= 0.6 is 0 Å². The van der Waals surface area contributed by atoms with Crippen LogP contribution in [0.1, 0.15) is 120 Å². The molecule has 0 spiro atoms. The van der Waals surface area contributed by atoms with Crippen molar-refractivity contribution in [2.45, 2.75) is 110 Å². The van der Waals surface area contributed by atoms with E-state index < -0.39 is 5.97 Å². The van der Waals surface area contributed by atoms with E-state index in [1.54, 1.807) is 12.1 Å². The summed E-state index contributed by atoms with van der Waals surface area (Å²) in [5.74, 6) is -0.879. The Morgan fingerprint density at radius 1 is 0.588 bits per heavy atom. The fourth-order valence-corrected chi connectivity index (χ4v) is 4.62. The fourth-order valence-electron chi connectivity index (χ4n) is 4.62. The first-order valence-electron chi connectivity index (χ1n) is 13.9. The second-order valence-electron chi connectivity index (χ2n) is 9.64. The van der Waals surface area contributed by atoms with Gasteiger partial charge in [-0.15, -0.1) is 0 Å². The van der Waals surface area contributed by atoms with E-state index in [-0.39, 0.29) is 0 Å². The van der Waals surface area contributed by atoms with Gasteiger partial charge in [0.1, 0.15) is 0 Å². The highest BCUT2D eigenvalue weighted by Crippen LogP contribution is 2.26. The molecule has 0 saturated carbocycles. The van der Waals surface area contributed by atoms with Crippen LogP contribution in [0.5, 0.6) is 0 Å². The first-order valence-corrected chi connectivity index (χ1v) is 13.9. The Morgan fingerprint density at radius 3 is 1.44 bits per heavy atom. The summed E-state index contributed by atoms with van der Waals surface area (Å²) in [5.41, 5.74) is 2.54. The summed E-state index contributed by atoms with van der Waals surface area (Å²) < 4.78 is 0. The van der Waals surface area contributed by atoms with Crippen LogP contribution < -0.4 is 4.90 Å². The second kappa shape index (κ2) is 18.1. The molecule has 0 saturated heterocycles. The molecule has 0 heterocycles. The number of unbranched alkanes of at least 4 members (excludes halogenated alkanes) is 15. The molecule has 0 radical (unpaired) electrons. The Balaban J connectivity index is 1.56. The van der Waals surface area contributed by atoms with Crippen LogP contribution in [0.4, 0.5) is 11.4 Å². The molecule has 0 fully saturated rings. The molecule has 0 aromatic heterocycles. The second-order valence-corrected chi connectivity index (χ2v) is 9.64. The minimum Gasteiger partial charge on any atom is -0.478 e. The largest absolute Gasteiger partial charge is 0.478 e. The van der Waals surface area contributed by atoms with Gasteiger partial charge in [0.25, 0.3) is 0 Å². The summed E-state index contributed by atoms with van der Waals surface area (Å²) in [6, 6.07) is 17.6. The van der Waals surface area contributed by atoms with Gasteiger partial charge >= 0.3 is 5.97 Å². The van der Waals surface area contributed by atoms with Gasteiger partial charge < -0.3 is 10.0 Å². The van der Waals surface area contributed by atoms with Gasteiger partial charge in [-0.1, -0.05) is 121 Å². The number of hydrogen-bond donors (Lipinski definition) is 1. The predicted molar refractivity (Wildman–Crippen MR) is 146 cm³/mol. The maximum absolute atomic E-state index is 11.2. The summed E-state index contributed by atoms with van der Waals surface area (Å²) in [7, 11) is 0. The highest BCUT2D eigenvalue weighted by Gasteiger charge is 2.10. The third-order valence-corrected chi connectivity index (χ3v) is 6.73. The Hall–Kier alpha value is -2.29. The first-order chi connectivity index (χ1) is 16.7. The fraction of sp³-hybridized carbons (Fsp3) is 0.581. The Labute approximate surface area is 208 Å². The van der Waals surface area contributed by atoms with E-state index in [0.717, 1.165) is 24.3 Å². The smallest absolute Gasteiger partial charge is 0.335 e. The van der Waals surface area contributed by atoms with Crippen LogP contribution in [0.2, 0.25) is 0 Å². The SMILES string of the molecule is CCCCCCCCCCCCCCCCCCN(c1ccccc1)c1ccc(C(=O)O)cc1. The van der Waals surface area contributed by atoms with Crippen LogP contribution in [-0.4, -0.2) is 17.6 Å². The van der Waals surface area contributed by atoms with Gasteiger partial charge in [-0.05, 0) is 42.8 Å². The van der Waals surface area contributed by atoms with Gasteiger partial charge in [0.2, 0.25) is 0 Å². The molecule has 188 valence electrons. The average molecular weight is 466 g/mol. The summed E-state index contributed by atoms with van der Waals surface area (Å²) in [6.07, 6.45) is 22.0. The zero-order valence-electron chi connectivity index (χ0n) is 21.5. The highest BCUT2D eigenvalue weighted by molar-refractivity contribution is 5.88. The van der Waals surface area contributed by atoms with Crippen molar-refractivity contribution in [1.82, 2.24) is 0 Å². The molecule has 2 rings (SSSR count). The summed E-state index contributed by atoms with van der Waals surface area (Å²) in [5, 5.41) is 9.18. The summed E-state index contributed by atoms with van der Waals surface area (Å²) in [4.78, 5) is 13.5. The predicted octanol–water partition coefficient (Wildman–Crippen LogP) is 9.78. The maximum atomic E-state index is 11.2. The molecule has 0 aliphatic heterocycles. The highest BCUT2D eigenvalue weighted by atomic mass is 16.4. The van der Waals surface area contributed by atoms with Crippen molar-refractivity contribution in [1.29, 1.82) is 0 Å². The zero-order valence-corrected chi connectivity index (χ0v) is 21.5. The van der Waals surface area contributed by atoms with E-state index in [2.05, 4.69) is 36.1 Å². The lowest BCUT2D eigenvalue weighted by Gasteiger charge is -2.25. The van der Waals surface area contributed by atoms with Crippen LogP contribution in [0, 0.1) is 0 Å². The summed E-state index contributed by atoms with van der Waals surface area (Å²) >= 11 is 0. The molecule has 2 aromatic rings. The molecule has 0 aliphatic rings. The van der Waals surface area contributed by atoms with Gasteiger partial charge in [-0.2, -0.15) is 0 Å². The van der Waals surface area contributed by atoms with Crippen molar-refractivity contribution in [3.8, 4) is 0 Å². The minimum absolute atomic E-state index is 0.333. The van der Waals surface area contributed by atoms with Gasteiger partial charge in [0.15, 0.2) is 0 Å². The Morgan fingerprint density at radius 2 is 1.00 bits per heavy atom. The molecular formula is C31H47NO2. The number of carboxylic acid groups (broad SMARTS) is 1. The number of aromatic carboxylic acids is 1. The van der Waals surface area contributed by atoms with E-state index in [1.165, 1.54) is 96.3 Å². The van der Waals surface area contributed by atoms with E-state index in [1.807, 2.05) is 18.2 Å². The minimum atomic E-state index is -0.879. The van der Waals surface area contributed by atoms with Crippen LogP contribution in [-0.2, 0) is 0 Å². The average Bonchev–Trinajstić information content (AvgIpc) is 2.86. The lowest BCUT2D eigenvalue weighted by molar-refractivity contribution is 0.0697. The summed E-state index contributed by atoms with van der Waals surface area (Å²) in [6.45, 7) is 3.24. The number of anilines is 2. The van der Waals surface area contributed by atoms with Crippen molar-refractivity contribution >= 4 is 17.3 Å². The number of hydrogen-bond acceptors (Lipinski definition) is 2. The molecule has 3 heteroatoms. The lowest BCUT2D eigenvalue weighted by atomic mass is 10.0. The standard InChI is InChI=1S/C31H47NO2/c1-2-3-4-5-6-7-8-9-10-11-12-13-14-15-16-20-27-32(29-21-18-17-19-22-29)30-25-23-28(24-26-30)31(33)34/h17-19,21-26H,2-16,20,27H2,1H3,(H,33,34). The molecule has 34 heavy (non-hydrogen) atoms. The first kappa shape index (κ1) is 28.0. The molecule has 0 atom stereocenters. The molecule has 0 bridgehead atoms. The van der Waals surface area contributed by atoms with Gasteiger partial charge in [-0.3, -0.25) is 0 Å². The molecule has 0 aliphatic carbocycles. The van der Waals surface area contributed by atoms with Gasteiger partial charge in [0.05, 0.1) is 5.56 Å². The van der Waals surface area contributed by atoms with E-state index >= 15 is 0 Å². The number of benzene rings is 2. The van der Waals surface area contributed by atoms with Crippen molar-refractivity contribution in [3.63, 3.8) is 0 Å². The number of nitrogens with zero attached hydrogens (tertiary/aromatic N) is 1. The maximum Gasteiger partial charge on any atom is 0.335 e. The third-order valence-electron chi connectivity index (χ3n) is 6.73. The number of carboxylic acids is 1. The van der Waals surface area contributed by atoms with Crippen molar-refractivity contribution in [3.05, 3.63) is 60.2 Å². The van der Waals surface area contributed by atoms with Crippen molar-refractivity contribution < 1.29 is 9.90 Å². The molecule has 2 aromatic carbocycles. The molecule has 0 amide bonds. The molecule has 1 N–H and O–H groups in total. The van der Waals surface area contributed by atoms with E-state index in [9.17, 15) is 9.90 Å². The monoisotopic (exact) mass is 465 g/mol. The van der Waals surface area contributed by atoms with Crippen molar-refractivity contribution in [2.75, 3.05) is 11.4 Å². The van der Waals surface area contributed by atoms with E-state index in [4.69, 9.17) is 0 Å².